The number of carbonyl (C=O) groups excluding carboxylic acids is 1. The van der Waals surface area contributed by atoms with E-state index >= 15 is 0 Å². The van der Waals surface area contributed by atoms with Crippen LogP contribution in [0.1, 0.15) is 11.6 Å². The van der Waals surface area contributed by atoms with Crippen molar-refractivity contribution >= 4 is 11.6 Å². The maximum atomic E-state index is 11.1. The van der Waals surface area contributed by atoms with Gasteiger partial charge in [0.25, 0.3) is 0 Å². The Morgan fingerprint density at radius 2 is 2.07 bits per heavy atom. The summed E-state index contributed by atoms with van der Waals surface area (Å²) in [6.45, 7) is 0.682. The zero-order chi connectivity index (χ0) is 9.97. The number of hydrogen-bond donors (Lipinski definition) is 2. The van der Waals surface area contributed by atoms with Crippen molar-refractivity contribution in [2.45, 2.75) is 6.04 Å². The number of anilines is 1. The lowest BCUT2D eigenvalue weighted by Crippen LogP contribution is -2.39. The summed E-state index contributed by atoms with van der Waals surface area (Å²) in [5, 5.41) is 2.85. The molecule has 1 heterocycles. The highest BCUT2D eigenvalue weighted by molar-refractivity contribution is 5.78. The van der Waals surface area contributed by atoms with Gasteiger partial charge in [-0.1, -0.05) is 12.1 Å². The summed E-state index contributed by atoms with van der Waals surface area (Å²) in [5.41, 5.74) is 7.30. The predicted molar refractivity (Wildman–Crippen MR) is 52.6 cm³/mol. The maximum Gasteiger partial charge on any atom is 0.246 e. The van der Waals surface area contributed by atoms with Crippen molar-refractivity contribution in [1.82, 2.24) is 5.32 Å². The van der Waals surface area contributed by atoms with E-state index in [-0.39, 0.29) is 18.6 Å². The molecule has 0 radical (unpaired) electrons. The molecule has 4 heteroatoms. The number of hydrogen-bond acceptors (Lipinski definition) is 3. The standard InChI is InChI=1S/C10H12N2O2/c11-8-3-1-7(2-4-8)9-5-14-6-10(13)12-9/h1-4,9H,5-6,11H2,(H,12,13)/t9-/m1/s1. The molecule has 0 aliphatic carbocycles. The first-order chi connectivity index (χ1) is 6.75. The summed E-state index contributed by atoms with van der Waals surface area (Å²) in [6.07, 6.45) is 0. The molecule has 14 heavy (non-hydrogen) atoms. The molecule has 0 aromatic heterocycles. The maximum absolute atomic E-state index is 11.1. The van der Waals surface area contributed by atoms with Crippen LogP contribution in [0.25, 0.3) is 0 Å². The van der Waals surface area contributed by atoms with E-state index in [4.69, 9.17) is 10.5 Å². The second-order valence-electron chi connectivity index (χ2n) is 3.30. The molecular weight excluding hydrogens is 180 g/mol. The van der Waals surface area contributed by atoms with E-state index in [1.54, 1.807) is 0 Å². The van der Waals surface area contributed by atoms with Crippen molar-refractivity contribution in [2.75, 3.05) is 18.9 Å². The number of carbonyl (C=O) groups is 1. The molecule has 1 aromatic rings. The topological polar surface area (TPSA) is 64.3 Å². The van der Waals surface area contributed by atoms with Crippen molar-refractivity contribution in [3.8, 4) is 0 Å². The Bertz CT molecular complexity index is 334. The molecule has 2 rings (SSSR count). The molecule has 1 aliphatic rings. The number of nitrogens with two attached hydrogens (primary N) is 1. The van der Waals surface area contributed by atoms with E-state index in [1.165, 1.54) is 0 Å². The van der Waals surface area contributed by atoms with Gasteiger partial charge in [-0.3, -0.25) is 4.79 Å². The second kappa shape index (κ2) is 3.67. The van der Waals surface area contributed by atoms with Gasteiger partial charge in [0, 0.05) is 5.69 Å². The molecule has 4 nitrogen and oxygen atoms in total. The van der Waals surface area contributed by atoms with Crippen LogP contribution in [-0.2, 0) is 9.53 Å². The van der Waals surface area contributed by atoms with E-state index in [0.29, 0.717) is 6.61 Å². The summed E-state index contributed by atoms with van der Waals surface area (Å²) in [4.78, 5) is 11.1. The summed E-state index contributed by atoms with van der Waals surface area (Å²) >= 11 is 0. The molecule has 0 saturated carbocycles. The monoisotopic (exact) mass is 192 g/mol. The van der Waals surface area contributed by atoms with E-state index in [0.717, 1.165) is 11.3 Å². The highest BCUT2D eigenvalue weighted by Crippen LogP contribution is 2.17. The van der Waals surface area contributed by atoms with Crippen molar-refractivity contribution in [2.24, 2.45) is 0 Å². The van der Waals surface area contributed by atoms with Crippen LogP contribution >= 0.6 is 0 Å². The Balaban J connectivity index is 2.14. The molecule has 1 amide bonds. The van der Waals surface area contributed by atoms with Crippen molar-refractivity contribution < 1.29 is 9.53 Å². The highest BCUT2D eigenvalue weighted by Gasteiger charge is 2.19. The van der Waals surface area contributed by atoms with Gasteiger partial charge in [0.15, 0.2) is 0 Å². The fourth-order valence-corrected chi connectivity index (χ4v) is 1.46. The molecule has 3 N–H and O–H groups in total. The van der Waals surface area contributed by atoms with Crippen LogP contribution in [0.4, 0.5) is 5.69 Å². The van der Waals surface area contributed by atoms with E-state index in [2.05, 4.69) is 5.32 Å². The first-order valence-corrected chi connectivity index (χ1v) is 4.48. The number of amides is 1. The summed E-state index contributed by atoms with van der Waals surface area (Å²) in [7, 11) is 0. The van der Waals surface area contributed by atoms with Gasteiger partial charge in [0.1, 0.15) is 6.61 Å². The zero-order valence-electron chi connectivity index (χ0n) is 7.69. The number of nitrogens with one attached hydrogen (secondary N) is 1. The lowest BCUT2D eigenvalue weighted by Gasteiger charge is -2.23. The lowest BCUT2D eigenvalue weighted by molar-refractivity contribution is -0.131. The molecule has 74 valence electrons. The Labute approximate surface area is 82.1 Å². The largest absolute Gasteiger partial charge is 0.399 e. The first-order valence-electron chi connectivity index (χ1n) is 4.48. The van der Waals surface area contributed by atoms with Gasteiger partial charge in [-0.05, 0) is 17.7 Å². The smallest absolute Gasteiger partial charge is 0.246 e. The van der Waals surface area contributed by atoms with E-state index < -0.39 is 0 Å². The van der Waals surface area contributed by atoms with Crippen LogP contribution in [0.3, 0.4) is 0 Å². The van der Waals surface area contributed by atoms with E-state index in [9.17, 15) is 4.79 Å². The Morgan fingerprint density at radius 3 is 2.71 bits per heavy atom. The minimum atomic E-state index is -0.0712. The minimum Gasteiger partial charge on any atom is -0.399 e. The number of morpholine rings is 1. The molecule has 0 unspecified atom stereocenters. The number of nitrogen functional groups attached to an aromatic ring is 1. The van der Waals surface area contributed by atoms with Crippen molar-refractivity contribution in [3.05, 3.63) is 29.8 Å². The fraction of sp³-hybridized carbons (Fsp3) is 0.300. The molecule has 0 bridgehead atoms. The van der Waals surface area contributed by atoms with Crippen molar-refractivity contribution in [1.29, 1.82) is 0 Å². The lowest BCUT2D eigenvalue weighted by atomic mass is 10.1. The first kappa shape index (κ1) is 9.02. The van der Waals surface area contributed by atoms with Gasteiger partial charge in [0.2, 0.25) is 5.91 Å². The van der Waals surface area contributed by atoms with Gasteiger partial charge >= 0.3 is 0 Å². The van der Waals surface area contributed by atoms with Crippen LogP contribution < -0.4 is 11.1 Å². The molecule has 1 aromatic carbocycles. The third kappa shape index (κ3) is 1.85. The quantitative estimate of drug-likeness (QED) is 0.635. The van der Waals surface area contributed by atoms with Crippen LogP contribution in [-0.4, -0.2) is 19.1 Å². The van der Waals surface area contributed by atoms with Gasteiger partial charge < -0.3 is 15.8 Å². The van der Waals surface area contributed by atoms with Gasteiger partial charge in [-0.2, -0.15) is 0 Å². The minimum absolute atomic E-state index is 0.0446. The molecule has 1 aliphatic heterocycles. The molecule has 1 saturated heterocycles. The van der Waals surface area contributed by atoms with Crippen LogP contribution in [0, 0.1) is 0 Å². The highest BCUT2D eigenvalue weighted by atomic mass is 16.5. The Hall–Kier alpha value is -1.55. The van der Waals surface area contributed by atoms with Crippen LogP contribution in [0.15, 0.2) is 24.3 Å². The number of benzene rings is 1. The normalized spacial score (nSPS) is 21.7. The SMILES string of the molecule is Nc1ccc([C@H]2COCC(=O)N2)cc1. The summed E-state index contributed by atoms with van der Waals surface area (Å²) in [6, 6.07) is 7.38. The van der Waals surface area contributed by atoms with Crippen molar-refractivity contribution in [3.63, 3.8) is 0 Å². The summed E-state index contributed by atoms with van der Waals surface area (Å²) < 4.78 is 5.14. The third-order valence-corrected chi connectivity index (χ3v) is 2.19. The van der Waals surface area contributed by atoms with Gasteiger partial charge in [-0.25, -0.2) is 0 Å². The van der Waals surface area contributed by atoms with Gasteiger partial charge in [-0.15, -0.1) is 0 Å². The zero-order valence-corrected chi connectivity index (χ0v) is 7.69. The Morgan fingerprint density at radius 1 is 1.36 bits per heavy atom. The molecule has 1 atom stereocenters. The second-order valence-corrected chi connectivity index (χ2v) is 3.30. The Kier molecular flexibility index (Phi) is 2.37. The number of ether oxygens (including phenoxy) is 1. The van der Waals surface area contributed by atoms with E-state index in [1.807, 2.05) is 24.3 Å². The molecule has 1 fully saturated rings. The number of rotatable bonds is 1. The summed E-state index contributed by atoms with van der Waals surface area (Å²) in [5.74, 6) is -0.0712. The molecular formula is C10H12N2O2. The van der Waals surface area contributed by atoms with Gasteiger partial charge in [0.05, 0.1) is 12.6 Å². The average Bonchev–Trinajstić information content (AvgIpc) is 2.19. The molecule has 0 spiro atoms. The average molecular weight is 192 g/mol. The fourth-order valence-electron chi connectivity index (χ4n) is 1.46. The predicted octanol–water partition coefficient (Wildman–Crippen LogP) is 0.456. The third-order valence-electron chi connectivity index (χ3n) is 2.19. The van der Waals surface area contributed by atoms with Crippen LogP contribution in [0.2, 0.25) is 0 Å². The van der Waals surface area contributed by atoms with Crippen LogP contribution in [0.5, 0.6) is 0 Å².